The molecule has 1 aliphatic rings. The first-order chi connectivity index (χ1) is 15.9. The number of hydrogen-bond donors (Lipinski definition) is 2. The van der Waals surface area contributed by atoms with Gasteiger partial charge in [0.25, 0.3) is 5.91 Å². The maximum atomic E-state index is 13.1. The van der Waals surface area contributed by atoms with Crippen LogP contribution < -0.4 is 11.1 Å². The Hall–Kier alpha value is -3.16. The van der Waals surface area contributed by atoms with Crippen LogP contribution >= 0.6 is 11.6 Å². The normalized spacial score (nSPS) is 15.4. The van der Waals surface area contributed by atoms with Crippen LogP contribution in [0.4, 0.5) is 0 Å². The van der Waals surface area contributed by atoms with Crippen LogP contribution in [-0.4, -0.2) is 66.3 Å². The number of carbonyl (C=O) groups excluding carboxylic acids is 3. The van der Waals surface area contributed by atoms with Crippen molar-refractivity contribution in [3.63, 3.8) is 0 Å². The van der Waals surface area contributed by atoms with Crippen molar-refractivity contribution >= 4 is 35.4 Å². The fourth-order valence-corrected chi connectivity index (χ4v) is 3.79. The lowest BCUT2D eigenvalue weighted by atomic mass is 10.1. The van der Waals surface area contributed by atoms with Crippen LogP contribution in [0.25, 0.3) is 6.08 Å². The zero-order chi connectivity index (χ0) is 23.6. The molecule has 1 aliphatic heterocycles. The molecule has 3 rings (SSSR count). The van der Waals surface area contributed by atoms with E-state index in [2.05, 4.69) is 34.5 Å². The summed E-state index contributed by atoms with van der Waals surface area (Å²) in [6, 6.07) is 15.7. The van der Waals surface area contributed by atoms with Gasteiger partial charge >= 0.3 is 0 Å². The van der Waals surface area contributed by atoms with Crippen LogP contribution in [0.15, 0.2) is 60.7 Å². The molecule has 1 fully saturated rings. The van der Waals surface area contributed by atoms with Gasteiger partial charge in [-0.1, -0.05) is 54.1 Å². The molecular formula is C25H29ClN4O3. The first-order valence-electron chi connectivity index (χ1n) is 11.0. The van der Waals surface area contributed by atoms with Gasteiger partial charge in [-0.2, -0.15) is 0 Å². The third-order valence-corrected chi connectivity index (χ3v) is 5.80. The topological polar surface area (TPSA) is 95.7 Å². The molecule has 1 heterocycles. The second-order valence-electron chi connectivity index (χ2n) is 7.98. The highest BCUT2D eigenvalue weighted by Gasteiger charge is 2.29. The van der Waals surface area contributed by atoms with E-state index >= 15 is 0 Å². The van der Waals surface area contributed by atoms with Gasteiger partial charge in [-0.3, -0.25) is 19.3 Å². The number of amides is 3. The molecular weight excluding hydrogens is 440 g/mol. The summed E-state index contributed by atoms with van der Waals surface area (Å²) in [6.45, 7) is 3.39. The van der Waals surface area contributed by atoms with E-state index < -0.39 is 11.9 Å². The molecule has 0 saturated carbocycles. The number of rotatable bonds is 9. The minimum atomic E-state index is -0.815. The maximum absolute atomic E-state index is 13.1. The van der Waals surface area contributed by atoms with E-state index in [9.17, 15) is 14.4 Å². The van der Waals surface area contributed by atoms with Crippen LogP contribution in [0.2, 0.25) is 5.02 Å². The average molecular weight is 469 g/mol. The summed E-state index contributed by atoms with van der Waals surface area (Å²) in [5, 5.41) is 3.28. The Balaban J connectivity index is 1.54. The van der Waals surface area contributed by atoms with Crippen LogP contribution in [0.3, 0.4) is 0 Å². The largest absolute Gasteiger partial charge is 0.370 e. The summed E-state index contributed by atoms with van der Waals surface area (Å²) in [5.41, 5.74) is 6.83. The average Bonchev–Trinajstić information content (AvgIpc) is 2.82. The molecule has 0 bridgehead atoms. The molecule has 8 heteroatoms. The van der Waals surface area contributed by atoms with Gasteiger partial charge in [0.05, 0.1) is 0 Å². The van der Waals surface area contributed by atoms with Crippen molar-refractivity contribution in [2.45, 2.75) is 18.9 Å². The van der Waals surface area contributed by atoms with Gasteiger partial charge in [-0.25, -0.2) is 0 Å². The second-order valence-corrected chi connectivity index (χ2v) is 8.41. The number of benzene rings is 2. The van der Waals surface area contributed by atoms with Crippen molar-refractivity contribution < 1.29 is 14.4 Å². The van der Waals surface area contributed by atoms with E-state index in [0.29, 0.717) is 23.7 Å². The zero-order valence-electron chi connectivity index (χ0n) is 18.5. The Bertz CT molecular complexity index is 971. The van der Waals surface area contributed by atoms with Crippen LogP contribution in [0.5, 0.6) is 0 Å². The highest BCUT2D eigenvalue weighted by atomic mass is 35.5. The fourth-order valence-electron chi connectivity index (χ4n) is 3.66. The molecule has 3 amide bonds. The Morgan fingerprint density at radius 3 is 2.30 bits per heavy atom. The number of nitrogens with one attached hydrogen (secondary N) is 1. The number of primary amides is 1. The molecule has 33 heavy (non-hydrogen) atoms. The SMILES string of the molecule is NC(=O)CCC(NC(=O)c1ccc(Cl)cc1)C(=O)N1CCN(C/C=C/c2ccccc2)CC1. The van der Waals surface area contributed by atoms with E-state index in [1.807, 2.05) is 18.2 Å². The van der Waals surface area contributed by atoms with Crippen molar-refractivity contribution in [1.82, 2.24) is 15.1 Å². The summed E-state index contributed by atoms with van der Waals surface area (Å²) in [4.78, 5) is 41.1. The van der Waals surface area contributed by atoms with Gasteiger partial charge in [-0.15, -0.1) is 0 Å². The lowest BCUT2D eigenvalue weighted by Crippen LogP contribution is -2.55. The Kier molecular flexibility index (Phi) is 9.04. The molecule has 0 aliphatic carbocycles. The number of hydrogen-bond acceptors (Lipinski definition) is 4. The smallest absolute Gasteiger partial charge is 0.251 e. The van der Waals surface area contributed by atoms with Crippen molar-refractivity contribution in [2.24, 2.45) is 5.73 Å². The first-order valence-corrected chi connectivity index (χ1v) is 11.4. The van der Waals surface area contributed by atoms with Crippen molar-refractivity contribution in [1.29, 1.82) is 0 Å². The molecule has 1 unspecified atom stereocenters. The van der Waals surface area contributed by atoms with Crippen molar-refractivity contribution in [3.05, 3.63) is 76.8 Å². The predicted octanol–water partition coefficient (Wildman–Crippen LogP) is 2.56. The molecule has 1 saturated heterocycles. The van der Waals surface area contributed by atoms with E-state index in [1.165, 1.54) is 0 Å². The highest BCUT2D eigenvalue weighted by molar-refractivity contribution is 6.30. The third-order valence-electron chi connectivity index (χ3n) is 5.55. The highest BCUT2D eigenvalue weighted by Crippen LogP contribution is 2.12. The van der Waals surface area contributed by atoms with E-state index in [1.54, 1.807) is 29.2 Å². The number of halogens is 1. The van der Waals surface area contributed by atoms with E-state index in [4.69, 9.17) is 17.3 Å². The molecule has 1 atom stereocenters. The maximum Gasteiger partial charge on any atom is 0.251 e. The third kappa shape index (κ3) is 7.73. The second kappa shape index (κ2) is 12.2. The molecule has 174 valence electrons. The summed E-state index contributed by atoms with van der Waals surface area (Å²) < 4.78 is 0. The van der Waals surface area contributed by atoms with Crippen LogP contribution in [0, 0.1) is 0 Å². The van der Waals surface area contributed by atoms with Gasteiger partial charge in [0, 0.05) is 49.7 Å². The number of carbonyl (C=O) groups is 3. The molecule has 7 nitrogen and oxygen atoms in total. The Morgan fingerprint density at radius 2 is 1.67 bits per heavy atom. The molecule has 2 aromatic carbocycles. The minimum Gasteiger partial charge on any atom is -0.370 e. The number of piperazine rings is 1. The number of nitrogens with two attached hydrogens (primary N) is 1. The standard InChI is InChI=1S/C25H29ClN4O3/c26-21-10-8-20(9-11-21)24(32)28-22(12-13-23(27)31)25(33)30-17-15-29(16-18-30)14-4-7-19-5-2-1-3-6-19/h1-11,22H,12-18H2,(H2,27,31)(H,28,32)/b7-4+. The predicted molar refractivity (Wildman–Crippen MR) is 130 cm³/mol. The van der Waals surface area contributed by atoms with Gasteiger partial charge < -0.3 is 16.0 Å². The lowest BCUT2D eigenvalue weighted by Gasteiger charge is -2.36. The Morgan fingerprint density at radius 1 is 1.00 bits per heavy atom. The monoisotopic (exact) mass is 468 g/mol. The van der Waals surface area contributed by atoms with E-state index in [0.717, 1.165) is 25.2 Å². The first kappa shape index (κ1) is 24.5. The fraction of sp³-hybridized carbons (Fsp3) is 0.320. The van der Waals surface area contributed by atoms with Gasteiger partial charge in [-0.05, 0) is 36.2 Å². The van der Waals surface area contributed by atoms with Crippen molar-refractivity contribution in [3.8, 4) is 0 Å². The summed E-state index contributed by atoms with van der Waals surface area (Å²) in [6.07, 6.45) is 4.38. The minimum absolute atomic E-state index is 0.0154. The van der Waals surface area contributed by atoms with Gasteiger partial charge in [0.1, 0.15) is 6.04 Å². The lowest BCUT2D eigenvalue weighted by molar-refractivity contribution is -0.135. The van der Waals surface area contributed by atoms with E-state index in [-0.39, 0.29) is 24.7 Å². The quantitative estimate of drug-likeness (QED) is 0.591. The molecule has 2 aromatic rings. The molecule has 3 N–H and O–H groups in total. The summed E-state index contributed by atoms with van der Waals surface area (Å²) in [5.74, 6) is -1.10. The van der Waals surface area contributed by atoms with Gasteiger partial charge in [0.15, 0.2) is 0 Å². The van der Waals surface area contributed by atoms with Crippen LogP contribution in [0.1, 0.15) is 28.8 Å². The zero-order valence-corrected chi connectivity index (χ0v) is 19.2. The number of nitrogens with zero attached hydrogens (tertiary/aromatic N) is 2. The molecule has 0 aromatic heterocycles. The molecule has 0 radical (unpaired) electrons. The van der Waals surface area contributed by atoms with Gasteiger partial charge in [0.2, 0.25) is 11.8 Å². The Labute approximate surface area is 199 Å². The van der Waals surface area contributed by atoms with Crippen LogP contribution in [-0.2, 0) is 9.59 Å². The summed E-state index contributed by atoms with van der Waals surface area (Å²) >= 11 is 5.88. The summed E-state index contributed by atoms with van der Waals surface area (Å²) in [7, 11) is 0. The van der Waals surface area contributed by atoms with Crippen molar-refractivity contribution in [2.75, 3.05) is 32.7 Å². The molecule has 0 spiro atoms.